The lowest BCUT2D eigenvalue weighted by molar-refractivity contribution is 0.177. The highest BCUT2D eigenvalue weighted by Gasteiger charge is 2.33. The molecule has 1 aromatic heterocycles. The summed E-state index contributed by atoms with van der Waals surface area (Å²) in [4.78, 5) is 0. The minimum absolute atomic E-state index is 0.276. The molecule has 2 heterocycles. The van der Waals surface area contributed by atoms with Gasteiger partial charge in [-0.25, -0.2) is 0 Å². The highest BCUT2D eigenvalue weighted by atomic mass is 35.5. The summed E-state index contributed by atoms with van der Waals surface area (Å²) in [5.41, 5.74) is 8.05. The van der Waals surface area contributed by atoms with Crippen LogP contribution in [-0.2, 0) is 24.1 Å². The lowest BCUT2D eigenvalue weighted by atomic mass is 9.93. The molecular weight excluding hydrogens is 238 g/mol. The van der Waals surface area contributed by atoms with Gasteiger partial charge in [-0.2, -0.15) is 5.10 Å². The molecule has 2 N–H and O–H groups in total. The minimum Gasteiger partial charge on any atom is -0.379 e. The van der Waals surface area contributed by atoms with Crippen LogP contribution >= 0.6 is 11.6 Å². The van der Waals surface area contributed by atoms with E-state index in [2.05, 4.69) is 18.9 Å². The van der Waals surface area contributed by atoms with Crippen LogP contribution in [0.15, 0.2) is 0 Å². The van der Waals surface area contributed by atoms with E-state index in [-0.39, 0.29) is 5.54 Å². The van der Waals surface area contributed by atoms with E-state index in [1.165, 1.54) is 0 Å². The Hall–Kier alpha value is -0.580. The van der Waals surface area contributed by atoms with Crippen molar-refractivity contribution in [3.63, 3.8) is 0 Å². The summed E-state index contributed by atoms with van der Waals surface area (Å²) in [6.07, 6.45) is 2.49. The molecule has 0 aromatic carbocycles. The van der Waals surface area contributed by atoms with Crippen molar-refractivity contribution in [3.8, 4) is 0 Å². The number of aryl methyl sites for hydroxylation is 2. The van der Waals surface area contributed by atoms with Crippen molar-refractivity contribution in [1.82, 2.24) is 9.78 Å². The molecular formula is C12H20ClN3O. The average Bonchev–Trinajstić information content (AvgIpc) is 2.86. The third-order valence-corrected chi connectivity index (χ3v) is 3.78. The van der Waals surface area contributed by atoms with Crippen molar-refractivity contribution < 1.29 is 4.74 Å². The van der Waals surface area contributed by atoms with Crippen LogP contribution in [0.2, 0.25) is 5.02 Å². The first-order valence-electron chi connectivity index (χ1n) is 6.20. The van der Waals surface area contributed by atoms with Crippen molar-refractivity contribution in [2.75, 3.05) is 13.2 Å². The largest absolute Gasteiger partial charge is 0.379 e. The molecule has 1 fully saturated rings. The number of nitrogens with zero attached hydrogens (tertiary/aromatic N) is 2. The number of aromatic nitrogens is 2. The Morgan fingerprint density at radius 1 is 1.53 bits per heavy atom. The predicted molar refractivity (Wildman–Crippen MR) is 68.3 cm³/mol. The topological polar surface area (TPSA) is 53.1 Å². The van der Waals surface area contributed by atoms with Crippen molar-refractivity contribution in [2.24, 2.45) is 5.73 Å². The molecule has 0 aliphatic carbocycles. The number of rotatable bonds is 4. The average molecular weight is 258 g/mol. The van der Waals surface area contributed by atoms with Crippen LogP contribution in [0.25, 0.3) is 0 Å². The van der Waals surface area contributed by atoms with Crippen molar-refractivity contribution in [2.45, 2.75) is 45.2 Å². The summed E-state index contributed by atoms with van der Waals surface area (Å²) < 4.78 is 7.35. The number of hydrogen-bond donors (Lipinski definition) is 1. The second-order valence-corrected chi connectivity index (χ2v) is 5.10. The fourth-order valence-electron chi connectivity index (χ4n) is 2.28. The van der Waals surface area contributed by atoms with Gasteiger partial charge in [0.15, 0.2) is 0 Å². The van der Waals surface area contributed by atoms with E-state index in [4.69, 9.17) is 22.1 Å². The Kier molecular flexibility index (Phi) is 3.76. The molecule has 1 atom stereocenters. The van der Waals surface area contributed by atoms with Gasteiger partial charge in [0, 0.05) is 25.1 Å². The van der Waals surface area contributed by atoms with Gasteiger partial charge in [0.2, 0.25) is 0 Å². The first-order chi connectivity index (χ1) is 8.09. The zero-order chi connectivity index (χ0) is 12.5. The molecule has 1 saturated heterocycles. The van der Waals surface area contributed by atoms with Crippen LogP contribution in [-0.4, -0.2) is 28.5 Å². The molecule has 4 nitrogen and oxygen atoms in total. The van der Waals surface area contributed by atoms with E-state index >= 15 is 0 Å². The maximum atomic E-state index is 6.37. The van der Waals surface area contributed by atoms with Gasteiger partial charge < -0.3 is 10.5 Å². The lowest BCUT2D eigenvalue weighted by Gasteiger charge is -2.22. The molecule has 5 heteroatoms. The van der Waals surface area contributed by atoms with Crippen LogP contribution in [0.3, 0.4) is 0 Å². The molecule has 2 rings (SSSR count). The number of nitrogens with two attached hydrogens (primary N) is 1. The Morgan fingerprint density at radius 3 is 2.82 bits per heavy atom. The first-order valence-corrected chi connectivity index (χ1v) is 6.58. The van der Waals surface area contributed by atoms with Gasteiger partial charge >= 0.3 is 0 Å². The summed E-state index contributed by atoms with van der Waals surface area (Å²) in [5, 5.41) is 5.29. The van der Waals surface area contributed by atoms with E-state index in [0.717, 1.165) is 48.8 Å². The quantitative estimate of drug-likeness (QED) is 0.895. The smallest absolute Gasteiger partial charge is 0.0850 e. The molecule has 0 spiro atoms. The van der Waals surface area contributed by atoms with Gasteiger partial charge in [0.1, 0.15) is 0 Å². The zero-order valence-corrected chi connectivity index (χ0v) is 11.3. The second-order valence-electron chi connectivity index (χ2n) is 4.72. The van der Waals surface area contributed by atoms with E-state index in [1.807, 2.05) is 4.68 Å². The molecule has 1 aliphatic heterocycles. The molecule has 0 radical (unpaired) electrons. The van der Waals surface area contributed by atoms with Gasteiger partial charge in [0.05, 0.1) is 23.0 Å². The lowest BCUT2D eigenvalue weighted by Crippen LogP contribution is -2.43. The maximum Gasteiger partial charge on any atom is 0.0850 e. The van der Waals surface area contributed by atoms with E-state index in [1.54, 1.807) is 0 Å². The number of ether oxygens (including phenoxy) is 1. The first kappa shape index (κ1) is 12.9. The molecule has 0 amide bonds. The van der Waals surface area contributed by atoms with E-state index in [9.17, 15) is 0 Å². The van der Waals surface area contributed by atoms with E-state index < -0.39 is 0 Å². The fraction of sp³-hybridized carbons (Fsp3) is 0.750. The Bertz CT molecular complexity index is 397. The minimum atomic E-state index is -0.276. The second kappa shape index (κ2) is 4.96. The Balaban J connectivity index is 2.27. The Labute approximate surface area is 107 Å². The van der Waals surface area contributed by atoms with Crippen LogP contribution < -0.4 is 5.73 Å². The monoisotopic (exact) mass is 257 g/mol. The number of halogens is 1. The summed E-state index contributed by atoms with van der Waals surface area (Å²) in [7, 11) is 0. The van der Waals surface area contributed by atoms with Crippen molar-refractivity contribution in [1.29, 1.82) is 0 Å². The molecule has 1 aromatic rings. The fourth-order valence-corrected chi connectivity index (χ4v) is 2.62. The molecule has 0 bridgehead atoms. The highest BCUT2D eigenvalue weighted by molar-refractivity contribution is 6.31. The molecule has 17 heavy (non-hydrogen) atoms. The molecule has 1 unspecified atom stereocenters. The third-order valence-electron chi connectivity index (χ3n) is 3.35. The van der Waals surface area contributed by atoms with Crippen molar-refractivity contribution >= 4 is 11.6 Å². The van der Waals surface area contributed by atoms with Gasteiger partial charge in [-0.05, 0) is 19.8 Å². The van der Waals surface area contributed by atoms with Gasteiger partial charge in [-0.15, -0.1) is 0 Å². The summed E-state index contributed by atoms with van der Waals surface area (Å²) >= 11 is 6.37. The highest BCUT2D eigenvalue weighted by Crippen LogP contribution is 2.28. The summed E-state index contributed by atoms with van der Waals surface area (Å²) in [6, 6.07) is 0. The SMILES string of the molecule is CCc1nn(CC)c(CC2(N)CCOC2)c1Cl. The van der Waals surface area contributed by atoms with E-state index in [0.29, 0.717) is 6.61 Å². The summed E-state index contributed by atoms with van der Waals surface area (Å²) in [5.74, 6) is 0. The standard InChI is InChI=1S/C12H20ClN3O/c1-3-9-11(13)10(16(4-2)15-9)7-12(14)5-6-17-8-12/h3-8,14H2,1-2H3. The van der Waals surface area contributed by atoms with Gasteiger partial charge in [0.25, 0.3) is 0 Å². The zero-order valence-electron chi connectivity index (χ0n) is 10.5. The maximum absolute atomic E-state index is 6.37. The van der Waals surface area contributed by atoms with Gasteiger partial charge in [-0.1, -0.05) is 18.5 Å². The predicted octanol–water partition coefficient (Wildman–Crippen LogP) is 1.78. The normalized spacial score (nSPS) is 24.5. The third kappa shape index (κ3) is 2.49. The van der Waals surface area contributed by atoms with Crippen LogP contribution in [0.5, 0.6) is 0 Å². The van der Waals surface area contributed by atoms with Crippen molar-refractivity contribution in [3.05, 3.63) is 16.4 Å². The molecule has 0 saturated carbocycles. The summed E-state index contributed by atoms with van der Waals surface area (Å²) in [6.45, 7) is 6.32. The van der Waals surface area contributed by atoms with Crippen LogP contribution in [0.4, 0.5) is 0 Å². The Morgan fingerprint density at radius 2 is 2.29 bits per heavy atom. The molecule has 1 aliphatic rings. The van der Waals surface area contributed by atoms with Crippen LogP contribution in [0.1, 0.15) is 31.7 Å². The van der Waals surface area contributed by atoms with Gasteiger partial charge in [-0.3, -0.25) is 4.68 Å². The molecule has 96 valence electrons. The number of hydrogen-bond acceptors (Lipinski definition) is 3. The van der Waals surface area contributed by atoms with Crippen LogP contribution in [0, 0.1) is 0 Å².